The molecule has 0 bridgehead atoms. The lowest BCUT2D eigenvalue weighted by molar-refractivity contribution is 0.0176. The second-order valence-corrected chi connectivity index (χ2v) is 5.48. The Morgan fingerprint density at radius 3 is 2.92 bits per heavy atom. The third-order valence-electron chi connectivity index (χ3n) is 3.09. The SMILES string of the molecule is COC1CC(NCC2CCCS2)C1. The van der Waals surface area contributed by atoms with E-state index in [-0.39, 0.29) is 0 Å². The summed E-state index contributed by atoms with van der Waals surface area (Å²) in [5.41, 5.74) is 0. The van der Waals surface area contributed by atoms with Crippen LogP contribution in [0.3, 0.4) is 0 Å². The number of thioether (sulfide) groups is 1. The van der Waals surface area contributed by atoms with Crippen LogP contribution in [0.15, 0.2) is 0 Å². The fourth-order valence-electron chi connectivity index (χ4n) is 2.03. The summed E-state index contributed by atoms with van der Waals surface area (Å²) in [6, 6.07) is 0.742. The van der Waals surface area contributed by atoms with Gasteiger partial charge in [0.15, 0.2) is 0 Å². The summed E-state index contributed by atoms with van der Waals surface area (Å²) in [7, 11) is 1.81. The number of hydrogen-bond acceptors (Lipinski definition) is 3. The Balaban J connectivity index is 1.54. The van der Waals surface area contributed by atoms with E-state index >= 15 is 0 Å². The van der Waals surface area contributed by atoms with Crippen molar-refractivity contribution >= 4 is 11.8 Å². The van der Waals surface area contributed by atoms with Gasteiger partial charge in [-0.25, -0.2) is 0 Å². The van der Waals surface area contributed by atoms with E-state index in [1.165, 1.54) is 38.0 Å². The lowest BCUT2D eigenvalue weighted by Crippen LogP contribution is -2.46. The van der Waals surface area contributed by atoms with E-state index in [0.29, 0.717) is 6.10 Å². The van der Waals surface area contributed by atoms with Crippen LogP contribution in [0, 0.1) is 0 Å². The van der Waals surface area contributed by atoms with Crippen molar-refractivity contribution in [1.29, 1.82) is 0 Å². The normalized spacial score (nSPS) is 39.0. The lowest BCUT2D eigenvalue weighted by Gasteiger charge is -2.35. The molecule has 1 heterocycles. The molecule has 0 amide bonds. The molecule has 2 nitrogen and oxygen atoms in total. The first-order valence-electron chi connectivity index (χ1n) is 5.26. The monoisotopic (exact) mass is 201 g/mol. The average Bonchev–Trinajstić information content (AvgIpc) is 2.54. The van der Waals surface area contributed by atoms with Gasteiger partial charge in [-0.3, -0.25) is 0 Å². The van der Waals surface area contributed by atoms with Crippen LogP contribution in [0.4, 0.5) is 0 Å². The molecule has 1 unspecified atom stereocenters. The Labute approximate surface area is 84.8 Å². The molecule has 2 fully saturated rings. The van der Waals surface area contributed by atoms with Crippen molar-refractivity contribution in [3.63, 3.8) is 0 Å². The number of ether oxygens (including phenoxy) is 1. The maximum absolute atomic E-state index is 5.24. The van der Waals surface area contributed by atoms with E-state index in [4.69, 9.17) is 4.74 Å². The summed E-state index contributed by atoms with van der Waals surface area (Å²) in [6.07, 6.45) is 5.80. The van der Waals surface area contributed by atoms with Crippen LogP contribution in [-0.2, 0) is 4.74 Å². The van der Waals surface area contributed by atoms with Crippen LogP contribution in [0.2, 0.25) is 0 Å². The van der Waals surface area contributed by atoms with Gasteiger partial charge in [0.2, 0.25) is 0 Å². The first kappa shape index (κ1) is 9.81. The highest BCUT2D eigenvalue weighted by molar-refractivity contribution is 8.00. The second kappa shape index (κ2) is 4.67. The number of nitrogens with one attached hydrogen (secondary N) is 1. The van der Waals surface area contributed by atoms with Gasteiger partial charge in [-0.05, 0) is 31.4 Å². The highest BCUT2D eigenvalue weighted by Crippen LogP contribution is 2.27. The van der Waals surface area contributed by atoms with E-state index in [1.807, 2.05) is 7.11 Å². The third kappa shape index (κ3) is 2.61. The standard InChI is InChI=1S/C10H19NOS/c1-12-9-5-8(6-9)11-7-10-3-2-4-13-10/h8-11H,2-7H2,1H3. The van der Waals surface area contributed by atoms with Gasteiger partial charge in [-0.2, -0.15) is 11.8 Å². The smallest absolute Gasteiger partial charge is 0.0601 e. The largest absolute Gasteiger partial charge is 0.381 e. The molecule has 1 aliphatic heterocycles. The van der Waals surface area contributed by atoms with E-state index in [2.05, 4.69) is 17.1 Å². The Hall–Kier alpha value is 0.270. The number of methoxy groups -OCH3 is 1. The summed E-state index contributed by atoms with van der Waals surface area (Å²) < 4.78 is 5.24. The van der Waals surface area contributed by atoms with Crippen LogP contribution in [0.1, 0.15) is 25.7 Å². The lowest BCUT2D eigenvalue weighted by atomic mass is 9.89. The summed E-state index contributed by atoms with van der Waals surface area (Å²) in [5.74, 6) is 1.37. The molecule has 13 heavy (non-hydrogen) atoms. The molecule has 0 aromatic carbocycles. The molecule has 2 aliphatic rings. The fourth-order valence-corrected chi connectivity index (χ4v) is 3.24. The van der Waals surface area contributed by atoms with Crippen molar-refractivity contribution in [3.05, 3.63) is 0 Å². The van der Waals surface area contributed by atoms with Crippen molar-refractivity contribution in [2.75, 3.05) is 19.4 Å². The van der Waals surface area contributed by atoms with Crippen molar-refractivity contribution in [2.24, 2.45) is 0 Å². The Kier molecular flexibility index (Phi) is 3.52. The van der Waals surface area contributed by atoms with Crippen LogP contribution in [0.5, 0.6) is 0 Å². The van der Waals surface area contributed by atoms with Crippen LogP contribution in [-0.4, -0.2) is 36.8 Å². The summed E-state index contributed by atoms with van der Waals surface area (Å²) in [6.45, 7) is 1.21. The van der Waals surface area contributed by atoms with Crippen LogP contribution in [0.25, 0.3) is 0 Å². The summed E-state index contributed by atoms with van der Waals surface area (Å²) >= 11 is 2.13. The quantitative estimate of drug-likeness (QED) is 0.747. The molecule has 1 N–H and O–H groups in total. The molecular formula is C10H19NOS. The average molecular weight is 201 g/mol. The Morgan fingerprint density at radius 2 is 2.31 bits per heavy atom. The number of hydrogen-bond donors (Lipinski definition) is 1. The van der Waals surface area contributed by atoms with Gasteiger partial charge in [0.25, 0.3) is 0 Å². The maximum Gasteiger partial charge on any atom is 0.0601 e. The van der Waals surface area contributed by atoms with E-state index in [9.17, 15) is 0 Å². The first-order valence-corrected chi connectivity index (χ1v) is 6.31. The number of rotatable bonds is 4. The molecule has 1 saturated heterocycles. The predicted molar refractivity (Wildman–Crippen MR) is 57.3 cm³/mol. The van der Waals surface area contributed by atoms with Crippen molar-refractivity contribution in [2.45, 2.75) is 43.1 Å². The minimum Gasteiger partial charge on any atom is -0.381 e. The topological polar surface area (TPSA) is 21.3 Å². The van der Waals surface area contributed by atoms with Crippen molar-refractivity contribution < 1.29 is 4.74 Å². The van der Waals surface area contributed by atoms with E-state index in [0.717, 1.165) is 11.3 Å². The summed E-state index contributed by atoms with van der Waals surface area (Å²) in [4.78, 5) is 0. The van der Waals surface area contributed by atoms with Gasteiger partial charge in [0, 0.05) is 24.9 Å². The van der Waals surface area contributed by atoms with Crippen molar-refractivity contribution in [1.82, 2.24) is 5.32 Å². The molecule has 1 atom stereocenters. The van der Waals surface area contributed by atoms with Gasteiger partial charge in [0.1, 0.15) is 0 Å². The third-order valence-corrected chi connectivity index (χ3v) is 4.48. The van der Waals surface area contributed by atoms with E-state index < -0.39 is 0 Å². The minimum absolute atomic E-state index is 0.536. The van der Waals surface area contributed by atoms with Gasteiger partial charge < -0.3 is 10.1 Å². The van der Waals surface area contributed by atoms with E-state index in [1.54, 1.807) is 0 Å². The highest BCUT2D eigenvalue weighted by Gasteiger charge is 2.29. The molecular weight excluding hydrogens is 182 g/mol. The zero-order valence-corrected chi connectivity index (χ0v) is 9.11. The zero-order chi connectivity index (χ0) is 9.10. The molecule has 0 aromatic heterocycles. The van der Waals surface area contributed by atoms with Gasteiger partial charge in [-0.1, -0.05) is 0 Å². The first-order chi connectivity index (χ1) is 6.38. The molecule has 0 radical (unpaired) electrons. The molecule has 1 aliphatic carbocycles. The van der Waals surface area contributed by atoms with Crippen LogP contribution >= 0.6 is 11.8 Å². The highest BCUT2D eigenvalue weighted by atomic mass is 32.2. The maximum atomic E-state index is 5.24. The molecule has 0 spiro atoms. The Bertz CT molecular complexity index is 153. The van der Waals surface area contributed by atoms with Gasteiger partial charge in [0.05, 0.1) is 6.10 Å². The Morgan fingerprint density at radius 1 is 1.46 bits per heavy atom. The van der Waals surface area contributed by atoms with Gasteiger partial charge in [-0.15, -0.1) is 0 Å². The second-order valence-electron chi connectivity index (χ2n) is 4.07. The molecule has 2 rings (SSSR count). The molecule has 3 heteroatoms. The van der Waals surface area contributed by atoms with Crippen molar-refractivity contribution in [3.8, 4) is 0 Å². The van der Waals surface area contributed by atoms with Crippen LogP contribution < -0.4 is 5.32 Å². The molecule has 1 saturated carbocycles. The zero-order valence-electron chi connectivity index (χ0n) is 8.29. The summed E-state index contributed by atoms with van der Waals surface area (Å²) in [5, 5.41) is 4.51. The molecule has 76 valence electrons. The minimum atomic E-state index is 0.536. The van der Waals surface area contributed by atoms with Gasteiger partial charge >= 0.3 is 0 Å². The fraction of sp³-hybridized carbons (Fsp3) is 1.00. The predicted octanol–water partition coefficient (Wildman–Crippen LogP) is 1.65. The molecule has 0 aromatic rings.